The first-order valence-electron chi connectivity index (χ1n) is 5.56. The van der Waals surface area contributed by atoms with E-state index in [1.54, 1.807) is 25.6 Å². The number of benzene rings is 1. The van der Waals surface area contributed by atoms with Gasteiger partial charge >= 0.3 is 0 Å². The lowest BCUT2D eigenvalue weighted by Crippen LogP contribution is -2.14. The van der Waals surface area contributed by atoms with E-state index in [1.165, 1.54) is 0 Å². The van der Waals surface area contributed by atoms with Gasteiger partial charge < -0.3 is 10.5 Å². The molecule has 0 aliphatic rings. The quantitative estimate of drug-likeness (QED) is 0.888. The first-order valence-corrected chi connectivity index (χ1v) is 5.56. The summed E-state index contributed by atoms with van der Waals surface area (Å²) in [5.41, 5.74) is 7.75. The number of pyridine rings is 1. The second-order valence-electron chi connectivity index (χ2n) is 3.92. The Morgan fingerprint density at radius 1 is 1.28 bits per heavy atom. The van der Waals surface area contributed by atoms with Crippen molar-refractivity contribution in [3.05, 3.63) is 59.4 Å². The van der Waals surface area contributed by atoms with Crippen molar-refractivity contribution < 1.29 is 9.53 Å². The summed E-state index contributed by atoms with van der Waals surface area (Å²) in [4.78, 5) is 15.3. The number of nitrogens with two attached hydrogens (primary N) is 1. The van der Waals surface area contributed by atoms with E-state index >= 15 is 0 Å². The van der Waals surface area contributed by atoms with Gasteiger partial charge in [0.25, 0.3) is 0 Å². The van der Waals surface area contributed by atoms with Gasteiger partial charge in [-0.1, -0.05) is 12.1 Å². The maximum absolute atomic E-state index is 11.3. The molecule has 1 aromatic heterocycles. The third-order valence-electron chi connectivity index (χ3n) is 2.72. The predicted molar refractivity (Wildman–Crippen MR) is 68.6 cm³/mol. The molecular weight excluding hydrogens is 228 g/mol. The van der Waals surface area contributed by atoms with Crippen LogP contribution in [0.4, 0.5) is 0 Å². The molecule has 0 spiro atoms. The van der Waals surface area contributed by atoms with Crippen molar-refractivity contribution in [1.29, 1.82) is 0 Å². The van der Waals surface area contributed by atoms with Crippen molar-refractivity contribution >= 4 is 5.91 Å². The molecule has 0 fully saturated rings. The SMILES string of the molecule is COc1ccc(Cc2cnccc2C(N)=O)cc1. The van der Waals surface area contributed by atoms with Crippen LogP contribution in [0.3, 0.4) is 0 Å². The normalized spacial score (nSPS) is 10.1. The van der Waals surface area contributed by atoms with Gasteiger partial charge in [0.05, 0.1) is 7.11 Å². The molecule has 2 aromatic rings. The summed E-state index contributed by atoms with van der Waals surface area (Å²) in [6.07, 6.45) is 3.86. The summed E-state index contributed by atoms with van der Waals surface area (Å²) in [6, 6.07) is 9.32. The van der Waals surface area contributed by atoms with Gasteiger partial charge in [0, 0.05) is 18.0 Å². The number of carbonyl (C=O) groups excluding carboxylic acids is 1. The highest BCUT2D eigenvalue weighted by molar-refractivity contribution is 5.94. The Balaban J connectivity index is 2.25. The van der Waals surface area contributed by atoms with E-state index in [0.29, 0.717) is 12.0 Å². The Labute approximate surface area is 105 Å². The Hall–Kier alpha value is -2.36. The largest absolute Gasteiger partial charge is 0.497 e. The number of methoxy groups -OCH3 is 1. The average Bonchev–Trinajstić information content (AvgIpc) is 2.40. The molecule has 1 heterocycles. The van der Waals surface area contributed by atoms with E-state index in [2.05, 4.69) is 4.98 Å². The van der Waals surface area contributed by atoms with E-state index in [-0.39, 0.29) is 0 Å². The highest BCUT2D eigenvalue weighted by Gasteiger charge is 2.08. The Kier molecular flexibility index (Phi) is 3.57. The lowest BCUT2D eigenvalue weighted by molar-refractivity contribution is 0.0999. The van der Waals surface area contributed by atoms with Crippen molar-refractivity contribution in [3.63, 3.8) is 0 Å². The summed E-state index contributed by atoms with van der Waals surface area (Å²) in [5, 5.41) is 0. The monoisotopic (exact) mass is 242 g/mol. The smallest absolute Gasteiger partial charge is 0.249 e. The fraction of sp³-hybridized carbons (Fsp3) is 0.143. The van der Waals surface area contributed by atoms with Crippen molar-refractivity contribution in [2.45, 2.75) is 6.42 Å². The highest BCUT2D eigenvalue weighted by atomic mass is 16.5. The number of carbonyl (C=O) groups is 1. The Morgan fingerprint density at radius 2 is 2.00 bits per heavy atom. The van der Waals surface area contributed by atoms with Gasteiger partial charge in [-0.2, -0.15) is 0 Å². The minimum absolute atomic E-state index is 0.430. The second-order valence-corrected chi connectivity index (χ2v) is 3.92. The molecule has 0 atom stereocenters. The molecule has 1 aromatic carbocycles. The maximum atomic E-state index is 11.3. The molecule has 0 radical (unpaired) electrons. The third-order valence-corrected chi connectivity index (χ3v) is 2.72. The zero-order valence-electron chi connectivity index (χ0n) is 10.1. The number of aromatic nitrogens is 1. The molecular formula is C14H14N2O2. The van der Waals surface area contributed by atoms with Gasteiger partial charge in [0.15, 0.2) is 0 Å². The zero-order chi connectivity index (χ0) is 13.0. The molecule has 2 N–H and O–H groups in total. The molecule has 0 bridgehead atoms. The number of amides is 1. The minimum atomic E-state index is -0.430. The summed E-state index contributed by atoms with van der Waals surface area (Å²) >= 11 is 0. The number of ether oxygens (including phenoxy) is 1. The molecule has 0 aliphatic heterocycles. The van der Waals surface area contributed by atoms with Crippen LogP contribution in [0, 0.1) is 0 Å². The first kappa shape index (κ1) is 12.1. The van der Waals surface area contributed by atoms with Crippen LogP contribution in [-0.4, -0.2) is 18.0 Å². The average molecular weight is 242 g/mol. The van der Waals surface area contributed by atoms with Crippen LogP contribution in [0.1, 0.15) is 21.5 Å². The summed E-state index contributed by atoms with van der Waals surface area (Å²) in [5.74, 6) is 0.376. The fourth-order valence-electron chi connectivity index (χ4n) is 1.77. The molecule has 0 unspecified atom stereocenters. The summed E-state index contributed by atoms with van der Waals surface area (Å²) in [7, 11) is 1.63. The number of hydrogen-bond donors (Lipinski definition) is 1. The van der Waals surface area contributed by atoms with Crippen molar-refractivity contribution in [1.82, 2.24) is 4.98 Å². The Bertz CT molecular complexity index is 550. The first-order chi connectivity index (χ1) is 8.70. The summed E-state index contributed by atoms with van der Waals surface area (Å²) in [6.45, 7) is 0. The van der Waals surface area contributed by atoms with Crippen molar-refractivity contribution in [3.8, 4) is 5.75 Å². The fourth-order valence-corrected chi connectivity index (χ4v) is 1.77. The topological polar surface area (TPSA) is 65.2 Å². The second kappa shape index (κ2) is 5.31. The molecule has 0 saturated carbocycles. The van der Waals surface area contributed by atoms with Gasteiger partial charge in [-0.3, -0.25) is 9.78 Å². The van der Waals surface area contributed by atoms with Crippen LogP contribution < -0.4 is 10.5 Å². The van der Waals surface area contributed by atoms with E-state index in [1.807, 2.05) is 24.3 Å². The number of nitrogens with zero attached hydrogens (tertiary/aromatic N) is 1. The van der Waals surface area contributed by atoms with Crippen LogP contribution in [0.25, 0.3) is 0 Å². The highest BCUT2D eigenvalue weighted by Crippen LogP contribution is 2.16. The molecule has 4 heteroatoms. The number of hydrogen-bond acceptors (Lipinski definition) is 3. The van der Waals surface area contributed by atoms with Crippen LogP contribution in [0.5, 0.6) is 5.75 Å². The Morgan fingerprint density at radius 3 is 2.61 bits per heavy atom. The van der Waals surface area contributed by atoms with Crippen LogP contribution in [0.2, 0.25) is 0 Å². The summed E-state index contributed by atoms with van der Waals surface area (Å²) < 4.78 is 5.09. The van der Waals surface area contributed by atoms with E-state index < -0.39 is 5.91 Å². The third kappa shape index (κ3) is 2.66. The van der Waals surface area contributed by atoms with Gasteiger partial charge in [0.1, 0.15) is 5.75 Å². The van der Waals surface area contributed by atoms with Crippen molar-refractivity contribution in [2.75, 3.05) is 7.11 Å². The van der Waals surface area contributed by atoms with Gasteiger partial charge in [-0.05, 0) is 35.7 Å². The molecule has 1 amide bonds. The predicted octanol–water partition coefficient (Wildman–Crippen LogP) is 1.78. The molecule has 0 aliphatic carbocycles. The van der Waals surface area contributed by atoms with Crippen LogP contribution >= 0.6 is 0 Å². The van der Waals surface area contributed by atoms with Crippen LogP contribution in [0.15, 0.2) is 42.7 Å². The van der Waals surface area contributed by atoms with E-state index in [0.717, 1.165) is 16.9 Å². The van der Waals surface area contributed by atoms with E-state index in [9.17, 15) is 4.79 Å². The molecule has 4 nitrogen and oxygen atoms in total. The number of primary amides is 1. The van der Waals surface area contributed by atoms with Crippen LogP contribution in [-0.2, 0) is 6.42 Å². The van der Waals surface area contributed by atoms with Gasteiger partial charge in [-0.15, -0.1) is 0 Å². The van der Waals surface area contributed by atoms with Crippen molar-refractivity contribution in [2.24, 2.45) is 5.73 Å². The standard InChI is InChI=1S/C14H14N2O2/c1-18-12-4-2-10(3-5-12)8-11-9-16-7-6-13(11)14(15)17/h2-7,9H,8H2,1H3,(H2,15,17). The lowest BCUT2D eigenvalue weighted by Gasteiger charge is -2.06. The molecule has 92 valence electrons. The molecule has 0 saturated heterocycles. The molecule has 2 rings (SSSR count). The molecule has 18 heavy (non-hydrogen) atoms. The zero-order valence-corrected chi connectivity index (χ0v) is 10.1. The van der Waals surface area contributed by atoms with Gasteiger partial charge in [0.2, 0.25) is 5.91 Å². The number of rotatable bonds is 4. The van der Waals surface area contributed by atoms with E-state index in [4.69, 9.17) is 10.5 Å². The van der Waals surface area contributed by atoms with Gasteiger partial charge in [-0.25, -0.2) is 0 Å². The minimum Gasteiger partial charge on any atom is -0.497 e. The lowest BCUT2D eigenvalue weighted by atomic mass is 10.0. The maximum Gasteiger partial charge on any atom is 0.249 e.